The quantitative estimate of drug-likeness (QED) is 0.785. The van der Waals surface area contributed by atoms with Gasteiger partial charge in [-0.2, -0.15) is 5.10 Å². The Labute approximate surface area is 124 Å². The van der Waals surface area contributed by atoms with Gasteiger partial charge in [-0.25, -0.2) is 0 Å². The van der Waals surface area contributed by atoms with Crippen molar-refractivity contribution in [3.63, 3.8) is 0 Å². The lowest BCUT2D eigenvalue weighted by molar-refractivity contribution is -0.119. The predicted octanol–water partition coefficient (Wildman–Crippen LogP) is 4.17. The Morgan fingerprint density at radius 1 is 1.32 bits per heavy atom. The molecule has 1 heterocycles. The highest BCUT2D eigenvalue weighted by atomic mass is 79.9. The molecule has 108 valence electrons. The molecule has 0 aromatic carbocycles. The molecule has 4 heteroatoms. The van der Waals surface area contributed by atoms with E-state index in [1.165, 1.54) is 0 Å². The second-order valence-corrected chi connectivity index (χ2v) is 6.95. The molecule has 0 spiro atoms. The highest BCUT2D eigenvalue weighted by molar-refractivity contribution is 9.10. The molecule has 0 bridgehead atoms. The summed E-state index contributed by atoms with van der Waals surface area (Å²) in [4.78, 5) is 12.1. The van der Waals surface area contributed by atoms with Gasteiger partial charge in [0.05, 0.1) is 15.9 Å². The number of hydrogen-bond acceptors (Lipinski definition) is 2. The molecule has 0 amide bonds. The first kappa shape index (κ1) is 16.4. The molecule has 0 radical (unpaired) electrons. The molecule has 1 aromatic rings. The van der Waals surface area contributed by atoms with Crippen molar-refractivity contribution in [1.29, 1.82) is 0 Å². The smallest absolute Gasteiger partial charge is 0.138 e. The van der Waals surface area contributed by atoms with Crippen molar-refractivity contribution in [3.8, 4) is 0 Å². The average Bonchev–Trinajstić information content (AvgIpc) is 2.63. The number of halogens is 1. The summed E-state index contributed by atoms with van der Waals surface area (Å²) in [5.74, 6) is 0.299. The Bertz CT molecular complexity index is 444. The van der Waals surface area contributed by atoms with Gasteiger partial charge in [0.25, 0.3) is 0 Å². The third-order valence-electron chi connectivity index (χ3n) is 3.21. The van der Waals surface area contributed by atoms with Crippen LogP contribution in [-0.2, 0) is 24.2 Å². The van der Waals surface area contributed by atoms with Gasteiger partial charge in [0.15, 0.2) is 0 Å². The Kier molecular flexibility index (Phi) is 5.78. The summed E-state index contributed by atoms with van der Waals surface area (Å²) in [6, 6.07) is 0. The van der Waals surface area contributed by atoms with Gasteiger partial charge in [-0.15, -0.1) is 0 Å². The lowest BCUT2D eigenvalue weighted by Crippen LogP contribution is -2.13. The molecule has 0 aliphatic rings. The van der Waals surface area contributed by atoms with Gasteiger partial charge in [0, 0.05) is 19.4 Å². The zero-order valence-electron chi connectivity index (χ0n) is 12.7. The topological polar surface area (TPSA) is 34.9 Å². The number of hydrogen-bond donors (Lipinski definition) is 0. The third kappa shape index (κ3) is 4.75. The molecule has 0 unspecified atom stereocenters. The van der Waals surface area contributed by atoms with Crippen LogP contribution in [-0.4, -0.2) is 15.6 Å². The third-order valence-corrected chi connectivity index (χ3v) is 4.13. The van der Waals surface area contributed by atoms with Crippen LogP contribution in [0.3, 0.4) is 0 Å². The minimum atomic E-state index is 0.215. The first-order chi connectivity index (χ1) is 8.78. The zero-order valence-corrected chi connectivity index (χ0v) is 14.3. The summed E-state index contributed by atoms with van der Waals surface area (Å²) >= 11 is 3.59. The number of aromatic nitrogens is 2. The van der Waals surface area contributed by atoms with Crippen LogP contribution in [0.4, 0.5) is 0 Å². The summed E-state index contributed by atoms with van der Waals surface area (Å²) in [7, 11) is 0. The molecule has 19 heavy (non-hydrogen) atoms. The lowest BCUT2D eigenvalue weighted by Gasteiger charge is -2.17. The first-order valence-corrected chi connectivity index (χ1v) is 7.83. The molecule has 0 aliphatic carbocycles. The number of Topliss-reactive ketones (excluding diaryl/α,β-unsaturated/α-hetero) is 1. The van der Waals surface area contributed by atoms with E-state index in [9.17, 15) is 4.79 Å². The first-order valence-electron chi connectivity index (χ1n) is 7.04. The normalized spacial score (nSPS) is 11.9. The highest BCUT2D eigenvalue weighted by Gasteiger charge is 2.18. The standard InChI is InChI=1S/C15H25BrN2O/c1-6-12-14(16)13(18(7-2)17-12)10-11(19)8-9-15(3,4)5/h6-10H2,1-5H3. The number of ketones is 1. The van der Waals surface area contributed by atoms with Gasteiger partial charge in [-0.1, -0.05) is 27.7 Å². The van der Waals surface area contributed by atoms with Gasteiger partial charge in [0.1, 0.15) is 5.78 Å². The van der Waals surface area contributed by atoms with Crippen molar-refractivity contribution >= 4 is 21.7 Å². The summed E-state index contributed by atoms with van der Waals surface area (Å²) < 4.78 is 2.96. The van der Waals surface area contributed by atoms with Crippen LogP contribution in [0.2, 0.25) is 0 Å². The molecule has 1 aromatic heterocycles. The fourth-order valence-corrected chi connectivity index (χ4v) is 2.68. The number of carbonyl (C=O) groups excluding carboxylic acids is 1. The van der Waals surface area contributed by atoms with E-state index in [2.05, 4.69) is 55.6 Å². The van der Waals surface area contributed by atoms with Crippen molar-refractivity contribution in [2.24, 2.45) is 5.41 Å². The van der Waals surface area contributed by atoms with Crippen molar-refractivity contribution in [1.82, 2.24) is 9.78 Å². The molecule has 0 fully saturated rings. The number of aryl methyl sites for hydroxylation is 2. The van der Waals surface area contributed by atoms with Crippen LogP contribution in [0, 0.1) is 5.41 Å². The second kappa shape index (κ2) is 6.69. The molecule has 3 nitrogen and oxygen atoms in total. The van der Waals surface area contributed by atoms with E-state index < -0.39 is 0 Å². The van der Waals surface area contributed by atoms with Crippen LogP contribution in [0.15, 0.2) is 4.47 Å². The molecule has 1 rings (SSSR count). The zero-order chi connectivity index (χ0) is 14.6. The Morgan fingerprint density at radius 2 is 1.95 bits per heavy atom. The molecular formula is C15H25BrN2O. The summed E-state index contributed by atoms with van der Waals surface area (Å²) in [6.45, 7) is 11.5. The average molecular weight is 329 g/mol. The summed E-state index contributed by atoms with van der Waals surface area (Å²) in [5, 5.41) is 4.53. The maximum Gasteiger partial charge on any atom is 0.138 e. The molecule has 0 atom stereocenters. The molecule has 0 N–H and O–H groups in total. The highest BCUT2D eigenvalue weighted by Crippen LogP contribution is 2.25. The van der Waals surface area contributed by atoms with Crippen molar-refractivity contribution in [2.45, 2.75) is 66.8 Å². The minimum absolute atomic E-state index is 0.215. The Hall–Kier alpha value is -0.640. The number of nitrogens with zero attached hydrogens (tertiary/aromatic N) is 2. The van der Waals surface area contributed by atoms with Gasteiger partial charge < -0.3 is 0 Å². The van der Waals surface area contributed by atoms with Crippen LogP contribution >= 0.6 is 15.9 Å². The van der Waals surface area contributed by atoms with Gasteiger partial charge in [-0.3, -0.25) is 9.48 Å². The molecule has 0 saturated carbocycles. The van der Waals surface area contributed by atoms with Crippen LogP contribution in [0.5, 0.6) is 0 Å². The number of rotatable bonds is 6. The monoisotopic (exact) mass is 328 g/mol. The maximum atomic E-state index is 12.1. The van der Waals surface area contributed by atoms with E-state index >= 15 is 0 Å². The van der Waals surface area contributed by atoms with Gasteiger partial charge in [-0.05, 0) is 41.1 Å². The lowest BCUT2D eigenvalue weighted by atomic mass is 9.89. The van der Waals surface area contributed by atoms with E-state index in [1.54, 1.807) is 0 Å². The van der Waals surface area contributed by atoms with Gasteiger partial charge in [0.2, 0.25) is 0 Å². The largest absolute Gasteiger partial charge is 0.299 e. The van der Waals surface area contributed by atoms with E-state index in [-0.39, 0.29) is 5.41 Å². The van der Waals surface area contributed by atoms with Crippen molar-refractivity contribution in [3.05, 3.63) is 15.9 Å². The maximum absolute atomic E-state index is 12.1. The summed E-state index contributed by atoms with van der Waals surface area (Å²) in [5.41, 5.74) is 2.28. The van der Waals surface area contributed by atoms with Crippen LogP contribution in [0.25, 0.3) is 0 Å². The van der Waals surface area contributed by atoms with Crippen molar-refractivity contribution < 1.29 is 4.79 Å². The van der Waals surface area contributed by atoms with Crippen LogP contribution in [0.1, 0.15) is 58.8 Å². The summed E-state index contributed by atoms with van der Waals surface area (Å²) in [6.07, 6.45) is 2.95. The molecule has 0 aliphatic heterocycles. The minimum Gasteiger partial charge on any atom is -0.299 e. The predicted molar refractivity (Wildman–Crippen MR) is 82.4 cm³/mol. The Morgan fingerprint density at radius 3 is 2.42 bits per heavy atom. The van der Waals surface area contributed by atoms with Crippen LogP contribution < -0.4 is 0 Å². The number of carbonyl (C=O) groups is 1. The van der Waals surface area contributed by atoms with E-state index in [0.29, 0.717) is 18.6 Å². The van der Waals surface area contributed by atoms with Gasteiger partial charge >= 0.3 is 0 Å². The SMILES string of the molecule is CCc1nn(CC)c(CC(=O)CCC(C)(C)C)c1Br. The fourth-order valence-electron chi connectivity index (χ4n) is 1.98. The fraction of sp³-hybridized carbons (Fsp3) is 0.733. The second-order valence-electron chi connectivity index (χ2n) is 6.15. The van der Waals surface area contributed by atoms with E-state index in [1.807, 2.05) is 4.68 Å². The molecule has 0 saturated heterocycles. The van der Waals surface area contributed by atoms with E-state index in [0.717, 1.165) is 35.2 Å². The Balaban J connectivity index is 2.76. The van der Waals surface area contributed by atoms with Crippen molar-refractivity contribution in [2.75, 3.05) is 0 Å². The van der Waals surface area contributed by atoms with E-state index in [4.69, 9.17) is 0 Å². The molecular weight excluding hydrogens is 304 g/mol.